The predicted octanol–water partition coefficient (Wildman–Crippen LogP) is 2.18. The number of carbonyl (C=O) groups is 1. The normalized spacial score (nSPS) is 9.95. The molecule has 0 radical (unpaired) electrons. The maximum atomic E-state index is 11.9. The van der Waals surface area contributed by atoms with Gasteiger partial charge in [0.1, 0.15) is 0 Å². The van der Waals surface area contributed by atoms with Crippen molar-refractivity contribution in [2.45, 2.75) is 6.42 Å². The van der Waals surface area contributed by atoms with Crippen molar-refractivity contribution in [1.82, 2.24) is 14.9 Å². The summed E-state index contributed by atoms with van der Waals surface area (Å²) in [4.78, 5) is 21.4. The number of hydrogen-bond donors (Lipinski definition) is 1. The lowest BCUT2D eigenvalue weighted by Crippen LogP contribution is -2.32. The molecule has 5 heteroatoms. The van der Waals surface area contributed by atoms with Crippen LogP contribution in [0.25, 0.3) is 0 Å². The molecule has 0 fully saturated rings. The summed E-state index contributed by atoms with van der Waals surface area (Å²) < 4.78 is 0. The largest absolute Gasteiger partial charge is 0.327 e. The smallest absolute Gasteiger partial charge is 0.321 e. The van der Waals surface area contributed by atoms with Gasteiger partial charge in [0.05, 0.1) is 0 Å². The Morgan fingerprint density at radius 1 is 1.11 bits per heavy atom. The molecule has 2 rings (SSSR count). The van der Waals surface area contributed by atoms with Gasteiger partial charge < -0.3 is 10.2 Å². The summed E-state index contributed by atoms with van der Waals surface area (Å²) >= 11 is 0. The molecular formula is C14H16N4O. The molecule has 0 aromatic carbocycles. The van der Waals surface area contributed by atoms with Crippen molar-refractivity contribution in [2.24, 2.45) is 0 Å². The van der Waals surface area contributed by atoms with E-state index in [1.165, 1.54) is 5.56 Å². The molecule has 0 spiro atoms. The molecule has 0 aliphatic heterocycles. The highest BCUT2D eigenvalue weighted by molar-refractivity contribution is 5.88. The third-order valence-electron chi connectivity index (χ3n) is 2.76. The molecule has 0 saturated carbocycles. The van der Waals surface area contributed by atoms with Gasteiger partial charge in [-0.05, 0) is 36.2 Å². The van der Waals surface area contributed by atoms with Gasteiger partial charge in [-0.1, -0.05) is 0 Å². The molecule has 19 heavy (non-hydrogen) atoms. The first kappa shape index (κ1) is 13.0. The number of likely N-dealkylation sites (N-methyl/N-ethyl adjacent to an activating group) is 1. The molecule has 0 saturated heterocycles. The molecule has 5 nitrogen and oxygen atoms in total. The first-order chi connectivity index (χ1) is 9.25. The Morgan fingerprint density at radius 3 is 2.32 bits per heavy atom. The summed E-state index contributed by atoms with van der Waals surface area (Å²) in [5.74, 6) is 0. The highest BCUT2D eigenvalue weighted by Gasteiger charge is 2.08. The Labute approximate surface area is 112 Å². The highest BCUT2D eigenvalue weighted by atomic mass is 16.2. The van der Waals surface area contributed by atoms with Crippen LogP contribution in [0.4, 0.5) is 10.5 Å². The van der Waals surface area contributed by atoms with Crippen LogP contribution in [0.5, 0.6) is 0 Å². The van der Waals surface area contributed by atoms with Crippen LogP contribution in [0.3, 0.4) is 0 Å². The fraction of sp³-hybridized carbons (Fsp3) is 0.214. The maximum Gasteiger partial charge on any atom is 0.321 e. The molecule has 2 heterocycles. The number of nitrogens with zero attached hydrogens (tertiary/aromatic N) is 3. The second kappa shape index (κ2) is 6.49. The number of aromatic nitrogens is 2. The average Bonchev–Trinajstić information content (AvgIpc) is 2.47. The van der Waals surface area contributed by atoms with Crippen molar-refractivity contribution in [3.05, 3.63) is 54.6 Å². The SMILES string of the molecule is CN(CCc1ccncc1)C(=O)Nc1ccncc1. The van der Waals surface area contributed by atoms with E-state index in [9.17, 15) is 4.79 Å². The Hall–Kier alpha value is -2.43. The van der Waals surface area contributed by atoms with Crippen LogP contribution in [-0.4, -0.2) is 34.5 Å². The molecule has 2 aromatic rings. The molecule has 0 bridgehead atoms. The van der Waals surface area contributed by atoms with Gasteiger partial charge in [0.15, 0.2) is 0 Å². The Kier molecular flexibility index (Phi) is 4.44. The minimum atomic E-state index is -0.125. The average molecular weight is 256 g/mol. The topological polar surface area (TPSA) is 58.1 Å². The summed E-state index contributed by atoms with van der Waals surface area (Å²) in [6, 6.07) is 7.30. The lowest BCUT2D eigenvalue weighted by atomic mass is 10.2. The number of anilines is 1. The van der Waals surface area contributed by atoms with Crippen LogP contribution >= 0.6 is 0 Å². The van der Waals surface area contributed by atoms with Crippen LogP contribution in [0.2, 0.25) is 0 Å². The monoisotopic (exact) mass is 256 g/mol. The molecule has 1 N–H and O–H groups in total. The Morgan fingerprint density at radius 2 is 1.68 bits per heavy atom. The zero-order chi connectivity index (χ0) is 13.5. The highest BCUT2D eigenvalue weighted by Crippen LogP contribution is 2.05. The van der Waals surface area contributed by atoms with Crippen LogP contribution in [0.1, 0.15) is 5.56 Å². The lowest BCUT2D eigenvalue weighted by Gasteiger charge is -2.17. The summed E-state index contributed by atoms with van der Waals surface area (Å²) in [5, 5.41) is 2.81. The number of urea groups is 1. The molecule has 2 amide bonds. The van der Waals surface area contributed by atoms with Gasteiger partial charge in [-0.2, -0.15) is 0 Å². The van der Waals surface area contributed by atoms with E-state index in [0.29, 0.717) is 6.54 Å². The van der Waals surface area contributed by atoms with E-state index in [-0.39, 0.29) is 6.03 Å². The van der Waals surface area contributed by atoms with Gasteiger partial charge in [-0.25, -0.2) is 4.79 Å². The number of rotatable bonds is 4. The zero-order valence-corrected chi connectivity index (χ0v) is 10.8. The van der Waals surface area contributed by atoms with Gasteiger partial charge in [0.25, 0.3) is 0 Å². The van der Waals surface area contributed by atoms with Crippen molar-refractivity contribution < 1.29 is 4.79 Å². The minimum Gasteiger partial charge on any atom is -0.327 e. The minimum absolute atomic E-state index is 0.125. The van der Waals surface area contributed by atoms with Crippen molar-refractivity contribution in [1.29, 1.82) is 0 Å². The van der Waals surface area contributed by atoms with Gasteiger partial charge in [0.2, 0.25) is 0 Å². The van der Waals surface area contributed by atoms with Gasteiger partial charge >= 0.3 is 6.03 Å². The molecule has 0 unspecified atom stereocenters. The van der Waals surface area contributed by atoms with E-state index in [1.807, 2.05) is 12.1 Å². The predicted molar refractivity (Wildman–Crippen MR) is 73.8 cm³/mol. The molecule has 2 aromatic heterocycles. The van der Waals surface area contributed by atoms with Crippen LogP contribution < -0.4 is 5.32 Å². The van der Waals surface area contributed by atoms with Crippen LogP contribution in [-0.2, 0) is 6.42 Å². The first-order valence-electron chi connectivity index (χ1n) is 6.07. The van der Waals surface area contributed by atoms with Gasteiger partial charge in [0, 0.05) is 44.1 Å². The summed E-state index contributed by atoms with van der Waals surface area (Å²) in [6.45, 7) is 0.654. The van der Waals surface area contributed by atoms with Gasteiger partial charge in [-0.3, -0.25) is 9.97 Å². The third-order valence-corrected chi connectivity index (χ3v) is 2.76. The summed E-state index contributed by atoms with van der Waals surface area (Å²) in [7, 11) is 1.78. The molecule has 0 atom stereocenters. The van der Waals surface area contributed by atoms with Crippen LogP contribution in [0, 0.1) is 0 Å². The van der Waals surface area contributed by atoms with Crippen molar-refractivity contribution in [3.63, 3.8) is 0 Å². The van der Waals surface area contributed by atoms with Crippen molar-refractivity contribution in [2.75, 3.05) is 18.9 Å². The third kappa shape index (κ3) is 4.06. The maximum absolute atomic E-state index is 11.9. The van der Waals surface area contributed by atoms with E-state index in [2.05, 4.69) is 15.3 Å². The summed E-state index contributed by atoms with van der Waals surface area (Å²) in [5.41, 5.74) is 1.91. The van der Waals surface area contributed by atoms with Crippen LogP contribution in [0.15, 0.2) is 49.1 Å². The van der Waals surface area contributed by atoms with Crippen molar-refractivity contribution >= 4 is 11.7 Å². The zero-order valence-electron chi connectivity index (χ0n) is 10.8. The Bertz CT molecular complexity index is 515. The van der Waals surface area contributed by atoms with E-state index >= 15 is 0 Å². The number of nitrogens with one attached hydrogen (secondary N) is 1. The Balaban J connectivity index is 1.83. The van der Waals surface area contributed by atoms with Crippen molar-refractivity contribution in [3.8, 4) is 0 Å². The number of pyridine rings is 2. The lowest BCUT2D eigenvalue weighted by molar-refractivity contribution is 0.223. The summed E-state index contributed by atoms with van der Waals surface area (Å²) in [6.07, 6.45) is 7.61. The quantitative estimate of drug-likeness (QED) is 0.912. The second-order valence-corrected chi connectivity index (χ2v) is 4.19. The van der Waals surface area contributed by atoms with E-state index in [0.717, 1.165) is 12.1 Å². The number of amides is 2. The van der Waals surface area contributed by atoms with E-state index in [1.54, 1.807) is 48.9 Å². The first-order valence-corrected chi connectivity index (χ1v) is 6.07. The number of carbonyl (C=O) groups excluding carboxylic acids is 1. The van der Waals surface area contributed by atoms with E-state index in [4.69, 9.17) is 0 Å². The standard InChI is InChI=1S/C14H16N4O/c1-18(11-6-12-2-7-15-8-3-12)14(19)17-13-4-9-16-10-5-13/h2-5,7-10H,6,11H2,1H3,(H,16,17,19). The molecular weight excluding hydrogens is 240 g/mol. The second-order valence-electron chi connectivity index (χ2n) is 4.19. The van der Waals surface area contributed by atoms with E-state index < -0.39 is 0 Å². The number of hydrogen-bond acceptors (Lipinski definition) is 3. The fourth-order valence-corrected chi connectivity index (χ4v) is 1.60. The van der Waals surface area contributed by atoms with Gasteiger partial charge in [-0.15, -0.1) is 0 Å². The molecule has 0 aliphatic carbocycles. The molecule has 0 aliphatic rings. The molecule has 98 valence electrons. The fourth-order valence-electron chi connectivity index (χ4n) is 1.60.